The zero-order chi connectivity index (χ0) is 10.8. The van der Waals surface area contributed by atoms with Gasteiger partial charge in [-0.15, -0.1) is 0 Å². The van der Waals surface area contributed by atoms with Crippen molar-refractivity contribution in [2.75, 3.05) is 0 Å². The van der Waals surface area contributed by atoms with Gasteiger partial charge < -0.3 is 4.42 Å². The standard InChI is InChI=1S/C10H6ClNO3/c11-7-3-4-9(12(13)14)8(6-7)10-2-1-5-15-10/h1-6H. The molecule has 0 spiro atoms. The van der Waals surface area contributed by atoms with Gasteiger partial charge in [-0.25, -0.2) is 0 Å². The molecule has 2 aromatic rings. The summed E-state index contributed by atoms with van der Waals surface area (Å²) in [5.41, 5.74) is 0.367. The first-order valence-corrected chi connectivity index (χ1v) is 4.54. The zero-order valence-electron chi connectivity index (χ0n) is 7.51. The van der Waals surface area contributed by atoms with Gasteiger partial charge in [0.15, 0.2) is 0 Å². The van der Waals surface area contributed by atoms with Gasteiger partial charge in [-0.2, -0.15) is 0 Å². The quantitative estimate of drug-likeness (QED) is 0.578. The fourth-order valence-corrected chi connectivity index (χ4v) is 1.47. The predicted octanol–water partition coefficient (Wildman–Crippen LogP) is 3.51. The molecule has 15 heavy (non-hydrogen) atoms. The first-order valence-electron chi connectivity index (χ1n) is 4.16. The largest absolute Gasteiger partial charge is 0.464 e. The molecule has 0 aliphatic carbocycles. The van der Waals surface area contributed by atoms with E-state index in [0.717, 1.165) is 0 Å². The maximum Gasteiger partial charge on any atom is 0.280 e. The van der Waals surface area contributed by atoms with Crippen molar-refractivity contribution in [2.45, 2.75) is 0 Å². The van der Waals surface area contributed by atoms with Crippen molar-refractivity contribution in [1.29, 1.82) is 0 Å². The Morgan fingerprint density at radius 3 is 2.73 bits per heavy atom. The first-order chi connectivity index (χ1) is 7.18. The molecule has 0 saturated carbocycles. The maximum absolute atomic E-state index is 10.7. The van der Waals surface area contributed by atoms with Crippen LogP contribution in [0.15, 0.2) is 41.0 Å². The number of hydrogen-bond donors (Lipinski definition) is 0. The third-order valence-corrected chi connectivity index (χ3v) is 2.18. The molecule has 0 amide bonds. The Kier molecular flexibility index (Phi) is 2.43. The van der Waals surface area contributed by atoms with Crippen molar-refractivity contribution in [3.05, 3.63) is 51.7 Å². The van der Waals surface area contributed by atoms with E-state index in [4.69, 9.17) is 16.0 Å². The predicted molar refractivity (Wildman–Crippen MR) is 55.8 cm³/mol. The van der Waals surface area contributed by atoms with Crippen molar-refractivity contribution in [1.82, 2.24) is 0 Å². The van der Waals surface area contributed by atoms with Crippen LogP contribution >= 0.6 is 11.6 Å². The summed E-state index contributed by atoms with van der Waals surface area (Å²) in [7, 11) is 0. The van der Waals surface area contributed by atoms with E-state index in [-0.39, 0.29) is 5.69 Å². The number of furan rings is 1. The number of halogens is 1. The number of rotatable bonds is 2. The van der Waals surface area contributed by atoms with Gasteiger partial charge in [0.1, 0.15) is 5.76 Å². The summed E-state index contributed by atoms with van der Waals surface area (Å²) < 4.78 is 5.10. The molecule has 2 rings (SSSR count). The topological polar surface area (TPSA) is 56.3 Å². The summed E-state index contributed by atoms with van der Waals surface area (Å²) in [5.74, 6) is 0.434. The van der Waals surface area contributed by atoms with Crippen LogP contribution in [0.25, 0.3) is 11.3 Å². The lowest BCUT2D eigenvalue weighted by atomic mass is 10.1. The third-order valence-electron chi connectivity index (χ3n) is 1.94. The highest BCUT2D eigenvalue weighted by atomic mass is 35.5. The molecule has 0 saturated heterocycles. The van der Waals surface area contributed by atoms with E-state index >= 15 is 0 Å². The van der Waals surface area contributed by atoms with Crippen molar-refractivity contribution >= 4 is 17.3 Å². The average molecular weight is 224 g/mol. The smallest absolute Gasteiger partial charge is 0.280 e. The highest BCUT2D eigenvalue weighted by molar-refractivity contribution is 6.31. The van der Waals surface area contributed by atoms with Crippen LogP contribution in [0.5, 0.6) is 0 Å². The van der Waals surface area contributed by atoms with E-state index in [2.05, 4.69) is 0 Å². The van der Waals surface area contributed by atoms with E-state index in [1.54, 1.807) is 12.1 Å². The van der Waals surface area contributed by atoms with E-state index in [9.17, 15) is 10.1 Å². The molecule has 0 aliphatic rings. The molecule has 0 aliphatic heterocycles. The molecule has 0 N–H and O–H groups in total. The molecule has 5 heteroatoms. The van der Waals surface area contributed by atoms with Crippen molar-refractivity contribution < 1.29 is 9.34 Å². The highest BCUT2D eigenvalue weighted by Gasteiger charge is 2.17. The minimum atomic E-state index is -0.464. The monoisotopic (exact) mass is 223 g/mol. The van der Waals surface area contributed by atoms with E-state index in [1.165, 1.54) is 24.5 Å². The lowest BCUT2D eigenvalue weighted by Crippen LogP contribution is -1.90. The maximum atomic E-state index is 10.7. The van der Waals surface area contributed by atoms with Crippen molar-refractivity contribution in [3.8, 4) is 11.3 Å². The zero-order valence-corrected chi connectivity index (χ0v) is 8.27. The van der Waals surface area contributed by atoms with Crippen LogP contribution in [0, 0.1) is 10.1 Å². The number of nitro groups is 1. The highest BCUT2D eigenvalue weighted by Crippen LogP contribution is 2.32. The summed E-state index contributed by atoms with van der Waals surface area (Å²) in [4.78, 5) is 10.3. The van der Waals surface area contributed by atoms with Crippen LogP contribution in [-0.4, -0.2) is 4.92 Å². The van der Waals surface area contributed by atoms with Crippen LogP contribution in [-0.2, 0) is 0 Å². The summed E-state index contributed by atoms with van der Waals surface area (Å²) in [5, 5.41) is 11.2. The summed E-state index contributed by atoms with van der Waals surface area (Å²) in [6.45, 7) is 0. The molecule has 0 atom stereocenters. The Bertz CT molecular complexity index is 493. The van der Waals surface area contributed by atoms with Crippen LogP contribution in [0.2, 0.25) is 5.02 Å². The Hall–Kier alpha value is -1.81. The molecule has 76 valence electrons. The van der Waals surface area contributed by atoms with E-state index in [0.29, 0.717) is 16.3 Å². The van der Waals surface area contributed by atoms with Crippen molar-refractivity contribution in [2.24, 2.45) is 0 Å². The number of nitrogens with zero attached hydrogens (tertiary/aromatic N) is 1. The molecule has 4 nitrogen and oxygen atoms in total. The minimum absolute atomic E-state index is 0.0191. The van der Waals surface area contributed by atoms with Gasteiger partial charge in [0.2, 0.25) is 0 Å². The van der Waals surface area contributed by atoms with Crippen molar-refractivity contribution in [3.63, 3.8) is 0 Å². The number of benzene rings is 1. The lowest BCUT2D eigenvalue weighted by Gasteiger charge is -1.99. The molecule has 0 bridgehead atoms. The minimum Gasteiger partial charge on any atom is -0.464 e. The van der Waals surface area contributed by atoms with Gasteiger partial charge >= 0.3 is 0 Å². The van der Waals surface area contributed by atoms with E-state index < -0.39 is 4.92 Å². The molecule has 0 fully saturated rings. The molecule has 1 aromatic heterocycles. The van der Waals surface area contributed by atoms with Gasteiger partial charge in [0.25, 0.3) is 5.69 Å². The van der Waals surface area contributed by atoms with Crippen LogP contribution in [0.1, 0.15) is 0 Å². The molecule has 0 radical (unpaired) electrons. The summed E-state index contributed by atoms with van der Waals surface area (Å²) in [6, 6.07) is 7.67. The van der Waals surface area contributed by atoms with E-state index in [1.807, 2.05) is 0 Å². The second-order valence-electron chi connectivity index (χ2n) is 2.90. The SMILES string of the molecule is O=[N+]([O-])c1ccc(Cl)cc1-c1ccco1. The van der Waals surface area contributed by atoms with Gasteiger partial charge in [-0.1, -0.05) is 11.6 Å². The first kappa shape index (κ1) is 9.73. The Labute approximate surface area is 90.2 Å². The van der Waals surface area contributed by atoms with Gasteiger partial charge in [0.05, 0.1) is 16.7 Å². The van der Waals surface area contributed by atoms with Gasteiger partial charge in [0, 0.05) is 11.1 Å². The van der Waals surface area contributed by atoms with Gasteiger partial charge in [-0.05, 0) is 24.3 Å². The second-order valence-corrected chi connectivity index (χ2v) is 3.33. The van der Waals surface area contributed by atoms with Crippen LogP contribution in [0.4, 0.5) is 5.69 Å². The molecular formula is C10H6ClNO3. The fourth-order valence-electron chi connectivity index (χ4n) is 1.30. The summed E-state index contributed by atoms with van der Waals surface area (Å²) >= 11 is 5.77. The average Bonchev–Trinajstić information content (AvgIpc) is 2.69. The van der Waals surface area contributed by atoms with Crippen LogP contribution in [0.3, 0.4) is 0 Å². The Balaban J connectivity index is 2.63. The second kappa shape index (κ2) is 3.74. The Morgan fingerprint density at radius 1 is 1.33 bits per heavy atom. The Morgan fingerprint density at radius 2 is 2.13 bits per heavy atom. The number of nitro benzene ring substituents is 1. The van der Waals surface area contributed by atoms with Gasteiger partial charge in [-0.3, -0.25) is 10.1 Å². The summed E-state index contributed by atoms with van der Waals surface area (Å²) in [6.07, 6.45) is 1.46. The molecule has 1 heterocycles. The fraction of sp³-hybridized carbons (Fsp3) is 0. The normalized spacial score (nSPS) is 10.2. The third kappa shape index (κ3) is 1.85. The lowest BCUT2D eigenvalue weighted by molar-refractivity contribution is -0.384. The van der Waals surface area contributed by atoms with Crippen LogP contribution < -0.4 is 0 Å². The molecule has 0 unspecified atom stereocenters. The molecule has 1 aromatic carbocycles. The number of hydrogen-bond acceptors (Lipinski definition) is 3. The molecular weight excluding hydrogens is 218 g/mol.